The number of hydrogen-bond donors (Lipinski definition) is 0. The zero-order chi connectivity index (χ0) is 22.1. The third-order valence-corrected chi connectivity index (χ3v) is 4.87. The van der Waals surface area contributed by atoms with Crippen LogP contribution in [0.1, 0.15) is 70.6 Å². The van der Waals surface area contributed by atoms with Gasteiger partial charge < -0.3 is 4.74 Å². The van der Waals surface area contributed by atoms with Crippen LogP contribution >= 0.6 is 0 Å². The SMILES string of the molecule is C=C(OCCC)/C(=C\C(C)=C/C)[C@@H](C(C(C)=O)=C(C)C)c1ccc(C#N)cc1C. The summed E-state index contributed by atoms with van der Waals surface area (Å²) >= 11 is 0. The number of benzene rings is 1. The molecule has 0 spiro atoms. The van der Waals surface area contributed by atoms with Gasteiger partial charge in [-0.1, -0.05) is 42.9 Å². The second-order valence-electron chi connectivity index (χ2n) is 7.49. The van der Waals surface area contributed by atoms with Crippen LogP contribution in [-0.4, -0.2) is 12.4 Å². The summed E-state index contributed by atoms with van der Waals surface area (Å²) in [7, 11) is 0. The maximum Gasteiger partial charge on any atom is 0.156 e. The van der Waals surface area contributed by atoms with E-state index in [9.17, 15) is 10.1 Å². The van der Waals surface area contributed by atoms with Crippen molar-refractivity contribution in [1.29, 1.82) is 5.26 Å². The predicted octanol–water partition coefficient (Wildman–Crippen LogP) is 6.71. The van der Waals surface area contributed by atoms with Crippen molar-refractivity contribution in [3.05, 3.63) is 81.7 Å². The summed E-state index contributed by atoms with van der Waals surface area (Å²) in [4.78, 5) is 12.7. The minimum absolute atomic E-state index is 0.0195. The maximum atomic E-state index is 12.7. The Labute approximate surface area is 176 Å². The summed E-state index contributed by atoms with van der Waals surface area (Å²) in [5.74, 6) is 0.275. The van der Waals surface area contributed by atoms with Gasteiger partial charge in [-0.25, -0.2) is 0 Å². The molecule has 0 aliphatic rings. The number of nitrogens with zero attached hydrogens (tertiary/aromatic N) is 1. The summed E-state index contributed by atoms with van der Waals surface area (Å²) < 4.78 is 5.92. The van der Waals surface area contributed by atoms with Crippen LogP contribution < -0.4 is 0 Å². The highest BCUT2D eigenvalue weighted by atomic mass is 16.5. The van der Waals surface area contributed by atoms with Gasteiger partial charge in [-0.2, -0.15) is 5.26 Å². The van der Waals surface area contributed by atoms with E-state index in [4.69, 9.17) is 4.74 Å². The van der Waals surface area contributed by atoms with Gasteiger partial charge in [0.15, 0.2) is 5.78 Å². The smallest absolute Gasteiger partial charge is 0.156 e. The highest BCUT2D eigenvalue weighted by Gasteiger charge is 2.29. The molecule has 1 aromatic carbocycles. The third-order valence-electron chi connectivity index (χ3n) is 4.87. The second kappa shape index (κ2) is 11.2. The van der Waals surface area contributed by atoms with Gasteiger partial charge in [0.05, 0.1) is 18.2 Å². The van der Waals surface area contributed by atoms with E-state index in [1.165, 1.54) is 0 Å². The van der Waals surface area contributed by atoms with Crippen molar-refractivity contribution in [2.24, 2.45) is 0 Å². The van der Waals surface area contributed by atoms with Gasteiger partial charge in [-0.3, -0.25) is 4.79 Å². The van der Waals surface area contributed by atoms with Crippen LogP contribution in [0.3, 0.4) is 0 Å². The molecule has 1 rings (SSSR count). The van der Waals surface area contributed by atoms with Crippen LogP contribution in [0.15, 0.2) is 65.0 Å². The molecule has 0 fully saturated rings. The van der Waals surface area contributed by atoms with E-state index in [-0.39, 0.29) is 11.7 Å². The Morgan fingerprint density at radius 2 is 1.93 bits per heavy atom. The highest BCUT2D eigenvalue weighted by Crippen LogP contribution is 2.40. The quantitative estimate of drug-likeness (QED) is 0.267. The molecular weight excluding hydrogens is 358 g/mol. The van der Waals surface area contributed by atoms with E-state index in [0.717, 1.165) is 39.8 Å². The van der Waals surface area contributed by atoms with Crippen molar-refractivity contribution in [2.75, 3.05) is 6.61 Å². The highest BCUT2D eigenvalue weighted by molar-refractivity contribution is 5.96. The van der Waals surface area contributed by atoms with E-state index in [0.29, 0.717) is 17.9 Å². The number of carbonyl (C=O) groups is 1. The summed E-state index contributed by atoms with van der Waals surface area (Å²) in [6, 6.07) is 7.79. The van der Waals surface area contributed by atoms with Crippen molar-refractivity contribution in [2.45, 2.75) is 60.8 Å². The molecule has 0 saturated heterocycles. The van der Waals surface area contributed by atoms with Gasteiger partial charge in [0.25, 0.3) is 0 Å². The van der Waals surface area contributed by atoms with Gasteiger partial charge in [0, 0.05) is 17.1 Å². The Kier molecular flexibility index (Phi) is 9.35. The monoisotopic (exact) mass is 391 g/mol. The predicted molar refractivity (Wildman–Crippen MR) is 121 cm³/mol. The van der Waals surface area contributed by atoms with E-state index in [2.05, 4.69) is 12.6 Å². The summed E-state index contributed by atoms with van der Waals surface area (Å²) in [5, 5.41) is 9.26. The maximum absolute atomic E-state index is 12.7. The summed E-state index contributed by atoms with van der Waals surface area (Å²) in [6.45, 7) is 18.3. The van der Waals surface area contributed by atoms with Crippen molar-refractivity contribution in [1.82, 2.24) is 0 Å². The zero-order valence-corrected chi connectivity index (χ0v) is 18.8. The first-order chi connectivity index (χ1) is 13.7. The normalized spacial score (nSPS) is 12.8. The number of hydrogen-bond acceptors (Lipinski definition) is 3. The number of aryl methyl sites for hydroxylation is 1. The van der Waals surface area contributed by atoms with Crippen molar-refractivity contribution >= 4 is 5.78 Å². The molecular formula is C26H33NO2. The number of ether oxygens (including phenoxy) is 1. The molecule has 0 heterocycles. The molecule has 0 N–H and O–H groups in total. The molecule has 3 nitrogen and oxygen atoms in total. The van der Waals surface area contributed by atoms with Crippen LogP contribution in [0, 0.1) is 18.3 Å². The van der Waals surface area contributed by atoms with Crippen LogP contribution in [-0.2, 0) is 9.53 Å². The van der Waals surface area contributed by atoms with Gasteiger partial charge in [-0.15, -0.1) is 0 Å². The molecule has 1 aromatic rings. The third kappa shape index (κ3) is 6.32. The number of ketones is 1. The van der Waals surface area contributed by atoms with Crippen LogP contribution in [0.4, 0.5) is 0 Å². The molecule has 0 saturated carbocycles. The number of carbonyl (C=O) groups excluding carboxylic acids is 1. The Morgan fingerprint density at radius 1 is 1.28 bits per heavy atom. The van der Waals surface area contributed by atoms with Gasteiger partial charge >= 0.3 is 0 Å². The number of allylic oxidation sites excluding steroid dienone is 6. The molecule has 3 heteroatoms. The minimum atomic E-state index is -0.315. The number of rotatable bonds is 9. The van der Waals surface area contributed by atoms with Crippen molar-refractivity contribution in [3.63, 3.8) is 0 Å². The van der Waals surface area contributed by atoms with Gasteiger partial charge in [0.1, 0.15) is 5.76 Å². The van der Waals surface area contributed by atoms with Crippen LogP contribution in [0.5, 0.6) is 0 Å². The number of nitriles is 1. The average Bonchev–Trinajstić information content (AvgIpc) is 2.67. The fourth-order valence-electron chi connectivity index (χ4n) is 3.35. The lowest BCUT2D eigenvalue weighted by molar-refractivity contribution is -0.113. The lowest BCUT2D eigenvalue weighted by Gasteiger charge is -2.27. The lowest BCUT2D eigenvalue weighted by Crippen LogP contribution is -2.17. The Hall–Kier alpha value is -2.86. The Bertz CT molecular complexity index is 903. The second-order valence-corrected chi connectivity index (χ2v) is 7.49. The van der Waals surface area contributed by atoms with Crippen molar-refractivity contribution < 1.29 is 9.53 Å². The van der Waals surface area contributed by atoms with E-state index in [1.54, 1.807) is 13.0 Å². The Morgan fingerprint density at radius 3 is 2.38 bits per heavy atom. The van der Waals surface area contributed by atoms with Crippen LogP contribution in [0.2, 0.25) is 0 Å². The fourth-order valence-corrected chi connectivity index (χ4v) is 3.35. The summed E-state index contributed by atoms with van der Waals surface area (Å²) in [5.41, 5.74) is 6.16. The molecule has 29 heavy (non-hydrogen) atoms. The molecule has 0 bridgehead atoms. The molecule has 0 aliphatic carbocycles. The summed E-state index contributed by atoms with van der Waals surface area (Å²) in [6.07, 6.45) is 4.94. The molecule has 0 aliphatic heterocycles. The molecule has 0 radical (unpaired) electrons. The average molecular weight is 392 g/mol. The van der Waals surface area contributed by atoms with Gasteiger partial charge in [-0.05, 0) is 71.2 Å². The van der Waals surface area contributed by atoms with E-state index >= 15 is 0 Å². The molecule has 1 atom stereocenters. The first-order valence-corrected chi connectivity index (χ1v) is 10.0. The zero-order valence-electron chi connectivity index (χ0n) is 18.8. The topological polar surface area (TPSA) is 50.1 Å². The lowest BCUT2D eigenvalue weighted by atomic mass is 9.77. The molecule has 0 unspecified atom stereocenters. The van der Waals surface area contributed by atoms with E-state index in [1.807, 2.05) is 65.8 Å². The number of Topliss-reactive ketones (excluding diaryl/α,β-unsaturated/α-hetero) is 1. The fraction of sp³-hybridized carbons (Fsp3) is 0.385. The van der Waals surface area contributed by atoms with Crippen LogP contribution in [0.25, 0.3) is 0 Å². The van der Waals surface area contributed by atoms with Gasteiger partial charge in [0.2, 0.25) is 0 Å². The standard InChI is InChI=1S/C26H33NO2/c1-9-13-29-21(8)24(14-18(5)10-2)26(25(17(3)4)20(7)28)23-12-11-22(16-27)15-19(23)6/h10-12,14-15,26H,8-9,13H2,1-7H3/b18-10-,24-14+/t26-/m0/s1. The van der Waals surface area contributed by atoms with Crippen molar-refractivity contribution in [3.8, 4) is 6.07 Å². The Balaban J connectivity index is 3.87. The first-order valence-electron chi connectivity index (χ1n) is 10.0. The first kappa shape index (κ1) is 24.2. The largest absolute Gasteiger partial charge is 0.494 e. The molecule has 0 amide bonds. The van der Waals surface area contributed by atoms with E-state index < -0.39 is 0 Å². The molecule has 0 aromatic heterocycles. The molecule has 154 valence electrons. The minimum Gasteiger partial charge on any atom is -0.494 e.